The first-order valence-electron chi connectivity index (χ1n) is 6.68. The van der Waals surface area contributed by atoms with Crippen molar-refractivity contribution in [2.75, 3.05) is 25.2 Å². The van der Waals surface area contributed by atoms with E-state index in [9.17, 15) is 18.3 Å². The minimum absolute atomic E-state index is 0.0165. The number of amides is 1. The van der Waals surface area contributed by atoms with Crippen LogP contribution in [0.1, 0.15) is 40.5 Å². The van der Waals surface area contributed by atoms with Crippen LogP contribution in [0.5, 0.6) is 0 Å². The Labute approximate surface area is 121 Å². The lowest BCUT2D eigenvalue weighted by Crippen LogP contribution is -2.42. The minimum Gasteiger partial charge on any atom is -0.444 e. The van der Waals surface area contributed by atoms with Gasteiger partial charge in [-0.25, -0.2) is 13.2 Å². The third-order valence-electron chi connectivity index (χ3n) is 3.10. The van der Waals surface area contributed by atoms with Crippen molar-refractivity contribution < 1.29 is 23.1 Å². The highest BCUT2D eigenvalue weighted by molar-refractivity contribution is 7.90. The lowest BCUT2D eigenvalue weighted by atomic mass is 9.83. The van der Waals surface area contributed by atoms with Crippen LogP contribution in [0.25, 0.3) is 0 Å². The maximum Gasteiger partial charge on any atom is 0.407 e. The van der Waals surface area contributed by atoms with Gasteiger partial charge >= 0.3 is 6.09 Å². The van der Waals surface area contributed by atoms with Crippen LogP contribution in [-0.4, -0.2) is 50.4 Å². The van der Waals surface area contributed by atoms with Crippen LogP contribution in [-0.2, 0) is 14.6 Å². The highest BCUT2D eigenvalue weighted by atomic mass is 32.2. The Bertz CT molecular complexity index is 407. The van der Waals surface area contributed by atoms with Crippen molar-refractivity contribution in [3.63, 3.8) is 0 Å². The van der Waals surface area contributed by atoms with Gasteiger partial charge in [-0.3, -0.25) is 0 Å². The zero-order valence-corrected chi connectivity index (χ0v) is 13.8. The van der Waals surface area contributed by atoms with E-state index >= 15 is 0 Å². The Balaban J connectivity index is 4.57. The summed E-state index contributed by atoms with van der Waals surface area (Å²) in [4.78, 5) is 11.6. The molecule has 0 aromatic heterocycles. The predicted octanol–water partition coefficient (Wildman–Crippen LogP) is 1.33. The number of aliphatic hydroxyl groups is 1. The van der Waals surface area contributed by atoms with E-state index in [2.05, 4.69) is 5.32 Å². The Morgan fingerprint density at radius 1 is 1.30 bits per heavy atom. The SMILES string of the molecule is CCC(CO)(CCS(C)(=O)=O)CNC(=O)OC(C)(C)C. The molecular formula is C13H27NO5S. The zero-order valence-electron chi connectivity index (χ0n) is 13.0. The molecule has 0 fully saturated rings. The third kappa shape index (κ3) is 8.37. The zero-order chi connectivity index (χ0) is 16.0. The second-order valence-corrected chi connectivity index (χ2v) is 8.51. The van der Waals surface area contributed by atoms with Crippen LogP contribution in [0.3, 0.4) is 0 Å². The molecular weight excluding hydrogens is 282 g/mol. The Morgan fingerprint density at radius 3 is 2.20 bits per heavy atom. The van der Waals surface area contributed by atoms with Gasteiger partial charge in [0.2, 0.25) is 0 Å². The summed E-state index contributed by atoms with van der Waals surface area (Å²) in [5.41, 5.74) is -1.23. The number of hydrogen-bond donors (Lipinski definition) is 2. The van der Waals surface area contributed by atoms with Crippen LogP contribution in [0.4, 0.5) is 4.79 Å². The highest BCUT2D eigenvalue weighted by Crippen LogP contribution is 2.26. The molecule has 1 amide bonds. The number of hydrogen-bond acceptors (Lipinski definition) is 5. The Morgan fingerprint density at radius 2 is 1.85 bits per heavy atom. The second kappa shape index (κ2) is 7.26. The number of aliphatic hydroxyl groups excluding tert-OH is 1. The van der Waals surface area contributed by atoms with Gasteiger partial charge in [-0.2, -0.15) is 0 Å². The van der Waals surface area contributed by atoms with Crippen LogP contribution in [0, 0.1) is 5.41 Å². The van der Waals surface area contributed by atoms with E-state index in [1.807, 2.05) is 6.92 Å². The fraction of sp³-hybridized carbons (Fsp3) is 0.923. The van der Waals surface area contributed by atoms with E-state index in [-0.39, 0.29) is 18.9 Å². The summed E-state index contributed by atoms with van der Waals surface area (Å²) in [6, 6.07) is 0. The number of nitrogens with one attached hydrogen (secondary N) is 1. The number of rotatable bonds is 7. The monoisotopic (exact) mass is 309 g/mol. The molecule has 0 aromatic carbocycles. The highest BCUT2D eigenvalue weighted by Gasteiger charge is 2.30. The van der Waals surface area contributed by atoms with E-state index < -0.39 is 26.9 Å². The van der Waals surface area contributed by atoms with Crippen molar-refractivity contribution in [3.8, 4) is 0 Å². The van der Waals surface area contributed by atoms with Crippen LogP contribution < -0.4 is 5.32 Å². The molecule has 0 bridgehead atoms. The molecule has 0 aliphatic carbocycles. The number of sulfone groups is 1. The van der Waals surface area contributed by atoms with Gasteiger partial charge in [0.05, 0.1) is 12.4 Å². The summed E-state index contributed by atoms with van der Waals surface area (Å²) in [7, 11) is -3.10. The van der Waals surface area contributed by atoms with Gasteiger partial charge in [-0.05, 0) is 33.6 Å². The molecule has 0 aromatic rings. The molecule has 2 N–H and O–H groups in total. The van der Waals surface area contributed by atoms with E-state index in [0.29, 0.717) is 12.8 Å². The largest absolute Gasteiger partial charge is 0.444 e. The summed E-state index contributed by atoms with van der Waals surface area (Å²) in [5, 5.41) is 12.1. The average molecular weight is 309 g/mol. The summed E-state index contributed by atoms with van der Waals surface area (Å²) in [5.74, 6) is -0.0165. The molecule has 0 rings (SSSR count). The van der Waals surface area contributed by atoms with Gasteiger partial charge in [0.25, 0.3) is 0 Å². The first-order chi connectivity index (χ1) is 8.93. The lowest BCUT2D eigenvalue weighted by Gasteiger charge is -2.31. The average Bonchev–Trinajstić information content (AvgIpc) is 2.27. The molecule has 0 spiro atoms. The smallest absolute Gasteiger partial charge is 0.407 e. The fourth-order valence-electron chi connectivity index (χ4n) is 1.61. The van der Waals surface area contributed by atoms with Gasteiger partial charge in [0.1, 0.15) is 15.4 Å². The van der Waals surface area contributed by atoms with Gasteiger partial charge in [0, 0.05) is 18.2 Å². The van der Waals surface area contributed by atoms with E-state index in [1.165, 1.54) is 0 Å². The molecule has 0 aliphatic rings. The summed E-state index contributed by atoms with van der Waals surface area (Å²) < 4.78 is 27.6. The molecule has 20 heavy (non-hydrogen) atoms. The molecule has 0 saturated heterocycles. The molecule has 0 saturated carbocycles. The topological polar surface area (TPSA) is 92.7 Å². The van der Waals surface area contributed by atoms with Crippen molar-refractivity contribution >= 4 is 15.9 Å². The van der Waals surface area contributed by atoms with Crippen molar-refractivity contribution in [1.82, 2.24) is 5.32 Å². The minimum atomic E-state index is -3.10. The van der Waals surface area contributed by atoms with Gasteiger partial charge in [0.15, 0.2) is 0 Å². The quantitative estimate of drug-likeness (QED) is 0.740. The summed E-state index contributed by atoms with van der Waals surface area (Å²) in [6.07, 6.45) is 1.46. The van der Waals surface area contributed by atoms with Gasteiger partial charge in [-0.15, -0.1) is 0 Å². The molecule has 120 valence electrons. The number of carbonyl (C=O) groups excluding carboxylic acids is 1. The maximum absolute atomic E-state index is 11.6. The molecule has 0 radical (unpaired) electrons. The van der Waals surface area contributed by atoms with Crippen LogP contribution >= 0.6 is 0 Å². The van der Waals surface area contributed by atoms with Gasteiger partial charge in [-0.1, -0.05) is 6.92 Å². The first-order valence-corrected chi connectivity index (χ1v) is 8.74. The van der Waals surface area contributed by atoms with E-state index in [1.54, 1.807) is 20.8 Å². The second-order valence-electron chi connectivity index (χ2n) is 6.25. The molecule has 0 heterocycles. The number of alkyl carbamates (subject to hydrolysis) is 1. The first kappa shape index (κ1) is 19.2. The Hall–Kier alpha value is -0.820. The predicted molar refractivity (Wildman–Crippen MR) is 78.4 cm³/mol. The molecule has 6 nitrogen and oxygen atoms in total. The normalized spacial score (nSPS) is 15.5. The van der Waals surface area contributed by atoms with Crippen molar-refractivity contribution in [3.05, 3.63) is 0 Å². The fourth-order valence-corrected chi connectivity index (χ4v) is 2.42. The van der Waals surface area contributed by atoms with Crippen molar-refractivity contribution in [2.24, 2.45) is 5.41 Å². The van der Waals surface area contributed by atoms with Gasteiger partial charge < -0.3 is 15.2 Å². The summed E-state index contributed by atoms with van der Waals surface area (Å²) in [6.45, 7) is 7.13. The van der Waals surface area contributed by atoms with Crippen LogP contribution in [0.2, 0.25) is 0 Å². The molecule has 0 aliphatic heterocycles. The molecule has 1 atom stereocenters. The Kier molecular flexibility index (Phi) is 6.97. The maximum atomic E-state index is 11.6. The van der Waals surface area contributed by atoms with E-state index in [4.69, 9.17) is 4.74 Å². The number of carbonyl (C=O) groups is 1. The summed E-state index contributed by atoms with van der Waals surface area (Å²) >= 11 is 0. The third-order valence-corrected chi connectivity index (χ3v) is 4.04. The van der Waals surface area contributed by atoms with E-state index in [0.717, 1.165) is 6.26 Å². The molecule has 1 unspecified atom stereocenters. The van der Waals surface area contributed by atoms with Crippen LogP contribution in [0.15, 0.2) is 0 Å². The lowest BCUT2D eigenvalue weighted by molar-refractivity contribution is 0.0458. The standard InChI is InChI=1S/C13H27NO5S/c1-6-13(10-15,7-8-20(5,17)18)9-14-11(16)19-12(2,3)4/h15H,6-10H2,1-5H3,(H,14,16). The molecule has 7 heteroatoms. The number of ether oxygens (including phenoxy) is 1. The van der Waals surface area contributed by atoms with Crippen molar-refractivity contribution in [2.45, 2.75) is 46.1 Å². The van der Waals surface area contributed by atoms with Crippen molar-refractivity contribution in [1.29, 1.82) is 0 Å².